The van der Waals surface area contributed by atoms with Crippen LogP contribution in [-0.4, -0.2) is 42.7 Å². The Morgan fingerprint density at radius 2 is 2.28 bits per heavy atom. The van der Waals surface area contributed by atoms with E-state index in [2.05, 4.69) is 11.8 Å². The molecule has 0 aliphatic carbocycles. The summed E-state index contributed by atoms with van der Waals surface area (Å²) in [6.07, 6.45) is 0. The zero-order valence-corrected chi connectivity index (χ0v) is 10.8. The van der Waals surface area contributed by atoms with E-state index in [0.717, 1.165) is 24.4 Å². The molecule has 1 fully saturated rings. The van der Waals surface area contributed by atoms with Gasteiger partial charge in [-0.25, -0.2) is 0 Å². The van der Waals surface area contributed by atoms with Crippen molar-refractivity contribution in [1.29, 1.82) is 0 Å². The molecule has 1 aromatic carbocycles. The summed E-state index contributed by atoms with van der Waals surface area (Å²) in [5.41, 5.74) is 1.05. The Balaban J connectivity index is 2.26. The Kier molecular flexibility index (Phi) is 3.87. The Morgan fingerprint density at radius 3 is 2.89 bits per heavy atom. The smallest absolute Gasteiger partial charge is 0.308 e. The second kappa shape index (κ2) is 5.40. The highest BCUT2D eigenvalue weighted by Crippen LogP contribution is 2.34. The van der Waals surface area contributed by atoms with E-state index in [-0.39, 0.29) is 11.8 Å². The van der Waals surface area contributed by atoms with Gasteiger partial charge in [0.15, 0.2) is 0 Å². The van der Waals surface area contributed by atoms with E-state index in [9.17, 15) is 9.90 Å². The number of nitrogens with zero attached hydrogens (tertiary/aromatic N) is 1. The Hall–Kier alpha value is -1.55. The number of carbonyl (C=O) groups is 1. The fraction of sp³-hybridized carbons (Fsp3) is 0.500. The molecule has 0 spiro atoms. The van der Waals surface area contributed by atoms with Crippen molar-refractivity contribution in [2.24, 2.45) is 5.92 Å². The fourth-order valence-electron chi connectivity index (χ4n) is 2.60. The van der Waals surface area contributed by atoms with Gasteiger partial charge in [0.1, 0.15) is 5.75 Å². The molecule has 1 saturated heterocycles. The minimum Gasteiger partial charge on any atom is -0.497 e. The third-order valence-corrected chi connectivity index (χ3v) is 3.68. The van der Waals surface area contributed by atoms with Gasteiger partial charge in [0.25, 0.3) is 0 Å². The molecule has 0 bridgehead atoms. The highest BCUT2D eigenvalue weighted by molar-refractivity contribution is 5.72. The van der Waals surface area contributed by atoms with Gasteiger partial charge >= 0.3 is 5.97 Å². The molecule has 1 N–H and O–H groups in total. The predicted octanol–water partition coefficient (Wildman–Crippen LogP) is 1.82. The number of methoxy groups -OCH3 is 1. The van der Waals surface area contributed by atoms with Crippen molar-refractivity contribution in [3.05, 3.63) is 29.8 Å². The number of hydrogen-bond acceptors (Lipinski definition) is 3. The van der Waals surface area contributed by atoms with Gasteiger partial charge in [0.05, 0.1) is 13.0 Å². The van der Waals surface area contributed by atoms with Crippen molar-refractivity contribution in [2.45, 2.75) is 12.8 Å². The molecule has 0 unspecified atom stereocenters. The van der Waals surface area contributed by atoms with Gasteiger partial charge < -0.3 is 14.7 Å². The largest absolute Gasteiger partial charge is 0.497 e. The molecule has 1 heterocycles. The first-order chi connectivity index (χ1) is 8.65. The zero-order chi connectivity index (χ0) is 13.1. The number of hydrogen-bond donors (Lipinski definition) is 1. The average Bonchev–Trinajstić information content (AvgIpc) is 2.83. The van der Waals surface area contributed by atoms with Crippen LogP contribution in [0.4, 0.5) is 0 Å². The van der Waals surface area contributed by atoms with Gasteiger partial charge in [-0.3, -0.25) is 4.79 Å². The molecular formula is C14H19NO3. The summed E-state index contributed by atoms with van der Waals surface area (Å²) in [7, 11) is 1.63. The SMILES string of the molecule is CCN1C[C@@H](C(=O)O)[C@H](c2cccc(OC)c2)C1. The van der Waals surface area contributed by atoms with Crippen LogP contribution in [0.5, 0.6) is 5.75 Å². The lowest BCUT2D eigenvalue weighted by Gasteiger charge is -2.16. The minimum atomic E-state index is -0.709. The maximum absolute atomic E-state index is 11.3. The van der Waals surface area contributed by atoms with Gasteiger partial charge in [-0.1, -0.05) is 19.1 Å². The van der Waals surface area contributed by atoms with E-state index >= 15 is 0 Å². The first-order valence-corrected chi connectivity index (χ1v) is 6.24. The normalized spacial score (nSPS) is 24.1. The topological polar surface area (TPSA) is 49.8 Å². The monoisotopic (exact) mass is 249 g/mol. The molecule has 0 radical (unpaired) electrons. The third kappa shape index (κ3) is 2.48. The molecule has 1 aliphatic heterocycles. The van der Waals surface area contributed by atoms with Gasteiger partial charge in [0, 0.05) is 19.0 Å². The maximum atomic E-state index is 11.3. The molecule has 2 atom stereocenters. The lowest BCUT2D eigenvalue weighted by molar-refractivity contribution is -0.141. The summed E-state index contributed by atoms with van der Waals surface area (Å²) in [6, 6.07) is 7.73. The highest BCUT2D eigenvalue weighted by Gasteiger charge is 2.37. The van der Waals surface area contributed by atoms with Crippen LogP contribution in [0.2, 0.25) is 0 Å². The number of likely N-dealkylation sites (N-methyl/N-ethyl adjacent to an activating group) is 1. The van der Waals surface area contributed by atoms with Crippen LogP contribution < -0.4 is 4.74 Å². The summed E-state index contributed by atoms with van der Waals surface area (Å²) in [4.78, 5) is 13.5. The molecule has 4 nitrogen and oxygen atoms in total. The molecule has 0 aromatic heterocycles. The fourth-order valence-corrected chi connectivity index (χ4v) is 2.60. The van der Waals surface area contributed by atoms with Crippen molar-refractivity contribution >= 4 is 5.97 Å². The van der Waals surface area contributed by atoms with E-state index in [0.29, 0.717) is 6.54 Å². The Bertz CT molecular complexity index is 433. The molecule has 0 amide bonds. The number of benzene rings is 1. The first kappa shape index (κ1) is 12.9. The van der Waals surface area contributed by atoms with Crippen LogP contribution in [0.1, 0.15) is 18.4 Å². The van der Waals surface area contributed by atoms with Crippen molar-refractivity contribution in [3.63, 3.8) is 0 Å². The van der Waals surface area contributed by atoms with E-state index in [1.807, 2.05) is 24.3 Å². The molecule has 2 rings (SSSR count). The van der Waals surface area contributed by atoms with Crippen LogP contribution in [0.3, 0.4) is 0 Å². The van der Waals surface area contributed by atoms with E-state index in [1.165, 1.54) is 0 Å². The second-order valence-electron chi connectivity index (χ2n) is 4.68. The predicted molar refractivity (Wildman–Crippen MR) is 69.0 cm³/mol. The quantitative estimate of drug-likeness (QED) is 0.884. The molecular weight excluding hydrogens is 230 g/mol. The summed E-state index contributed by atoms with van der Waals surface area (Å²) in [5.74, 6) is -0.194. The molecule has 98 valence electrons. The summed E-state index contributed by atoms with van der Waals surface area (Å²) >= 11 is 0. The Labute approximate surface area is 107 Å². The van der Waals surface area contributed by atoms with Gasteiger partial charge in [-0.2, -0.15) is 0 Å². The number of likely N-dealkylation sites (tertiary alicyclic amines) is 1. The number of ether oxygens (including phenoxy) is 1. The molecule has 18 heavy (non-hydrogen) atoms. The van der Waals surface area contributed by atoms with Crippen LogP contribution in [-0.2, 0) is 4.79 Å². The number of aliphatic carboxylic acids is 1. The zero-order valence-electron chi connectivity index (χ0n) is 10.8. The second-order valence-corrected chi connectivity index (χ2v) is 4.68. The van der Waals surface area contributed by atoms with Gasteiger partial charge in [0.2, 0.25) is 0 Å². The average molecular weight is 249 g/mol. The van der Waals surface area contributed by atoms with Crippen LogP contribution in [0.25, 0.3) is 0 Å². The molecule has 1 aliphatic rings. The lowest BCUT2D eigenvalue weighted by Crippen LogP contribution is -2.23. The molecule has 4 heteroatoms. The highest BCUT2D eigenvalue weighted by atomic mass is 16.5. The van der Waals surface area contributed by atoms with Gasteiger partial charge in [-0.15, -0.1) is 0 Å². The van der Waals surface area contributed by atoms with E-state index in [4.69, 9.17) is 4.74 Å². The van der Waals surface area contributed by atoms with Crippen LogP contribution in [0, 0.1) is 5.92 Å². The number of carboxylic acids is 1. The number of carboxylic acid groups (broad SMARTS) is 1. The molecule has 1 aromatic rings. The maximum Gasteiger partial charge on any atom is 0.308 e. The standard InChI is InChI=1S/C14H19NO3/c1-3-15-8-12(13(9-15)14(16)17)10-5-4-6-11(7-10)18-2/h4-7,12-13H,3,8-9H2,1-2H3,(H,16,17)/t12-,13+/m0/s1. The van der Waals surface area contributed by atoms with Crippen molar-refractivity contribution in [3.8, 4) is 5.75 Å². The van der Waals surface area contributed by atoms with E-state index in [1.54, 1.807) is 7.11 Å². The van der Waals surface area contributed by atoms with E-state index < -0.39 is 5.97 Å². The van der Waals surface area contributed by atoms with Crippen LogP contribution in [0.15, 0.2) is 24.3 Å². The summed E-state index contributed by atoms with van der Waals surface area (Å²) < 4.78 is 5.20. The van der Waals surface area contributed by atoms with Crippen molar-refractivity contribution in [2.75, 3.05) is 26.7 Å². The van der Waals surface area contributed by atoms with Crippen molar-refractivity contribution in [1.82, 2.24) is 4.90 Å². The van der Waals surface area contributed by atoms with Crippen molar-refractivity contribution < 1.29 is 14.6 Å². The van der Waals surface area contributed by atoms with Gasteiger partial charge in [-0.05, 0) is 24.2 Å². The van der Waals surface area contributed by atoms with Crippen LogP contribution >= 0.6 is 0 Å². The summed E-state index contributed by atoms with van der Waals surface area (Å²) in [5, 5.41) is 9.33. The molecule has 0 saturated carbocycles. The lowest BCUT2D eigenvalue weighted by atomic mass is 9.89. The minimum absolute atomic E-state index is 0.0533. The Morgan fingerprint density at radius 1 is 1.50 bits per heavy atom. The first-order valence-electron chi connectivity index (χ1n) is 6.24. The third-order valence-electron chi connectivity index (χ3n) is 3.68. The summed E-state index contributed by atoms with van der Waals surface area (Å²) in [6.45, 7) is 4.39. The number of rotatable bonds is 4.